The van der Waals surface area contributed by atoms with Gasteiger partial charge in [-0.15, -0.1) is 0 Å². The minimum Gasteiger partial charge on any atom is -0.382 e. The Balaban J connectivity index is 2.25. The van der Waals surface area contributed by atoms with Crippen LogP contribution in [0.2, 0.25) is 0 Å². The SMILES string of the molecule is C=c1nc(C(=O)NCC(C)(C)SSC)n(C)/c1=C/C(=C\C)NC(=O)c1nc(N)cn1C. The van der Waals surface area contributed by atoms with Crippen molar-refractivity contribution >= 4 is 51.9 Å². The van der Waals surface area contributed by atoms with Crippen LogP contribution in [0.4, 0.5) is 5.82 Å². The first kappa shape index (κ1) is 24.6. The van der Waals surface area contributed by atoms with Crippen LogP contribution in [0.5, 0.6) is 0 Å². The Labute approximate surface area is 189 Å². The van der Waals surface area contributed by atoms with E-state index >= 15 is 0 Å². The molecule has 2 amide bonds. The minimum atomic E-state index is -0.400. The number of imidazole rings is 2. The maximum atomic E-state index is 12.7. The van der Waals surface area contributed by atoms with Gasteiger partial charge in [-0.3, -0.25) is 9.59 Å². The largest absolute Gasteiger partial charge is 0.382 e. The highest BCUT2D eigenvalue weighted by atomic mass is 33.1. The number of nitrogens with zero attached hydrogens (tertiary/aromatic N) is 4. The molecule has 0 fully saturated rings. The van der Waals surface area contributed by atoms with E-state index in [-0.39, 0.29) is 28.1 Å². The molecule has 4 N–H and O–H groups in total. The van der Waals surface area contributed by atoms with E-state index in [1.54, 1.807) is 70.1 Å². The molecule has 0 bridgehead atoms. The summed E-state index contributed by atoms with van der Waals surface area (Å²) in [6.45, 7) is 10.4. The Kier molecular flexibility index (Phi) is 8.02. The van der Waals surface area contributed by atoms with Crippen LogP contribution in [0.1, 0.15) is 42.0 Å². The third-order valence-electron chi connectivity index (χ3n) is 4.36. The number of rotatable bonds is 8. The number of carbonyl (C=O) groups is 2. The van der Waals surface area contributed by atoms with Crippen LogP contribution in [0.15, 0.2) is 18.0 Å². The Morgan fingerprint density at radius 3 is 2.48 bits per heavy atom. The first-order chi connectivity index (χ1) is 14.5. The van der Waals surface area contributed by atoms with Crippen LogP contribution >= 0.6 is 21.6 Å². The van der Waals surface area contributed by atoms with Crippen LogP contribution in [0, 0.1) is 0 Å². The van der Waals surface area contributed by atoms with Crippen molar-refractivity contribution < 1.29 is 9.59 Å². The molecule has 2 aromatic heterocycles. The lowest BCUT2D eigenvalue weighted by Crippen LogP contribution is -2.37. The highest BCUT2D eigenvalue weighted by Gasteiger charge is 2.21. The lowest BCUT2D eigenvalue weighted by molar-refractivity contribution is 0.0933. The van der Waals surface area contributed by atoms with Gasteiger partial charge in [0.25, 0.3) is 11.8 Å². The van der Waals surface area contributed by atoms with Gasteiger partial charge in [0.15, 0.2) is 5.82 Å². The maximum Gasteiger partial charge on any atom is 0.291 e. The van der Waals surface area contributed by atoms with E-state index in [9.17, 15) is 9.59 Å². The number of hydrogen-bond acceptors (Lipinski definition) is 7. The van der Waals surface area contributed by atoms with Gasteiger partial charge in [0.1, 0.15) is 5.82 Å². The van der Waals surface area contributed by atoms with Crippen LogP contribution in [-0.2, 0) is 14.1 Å². The molecule has 2 aromatic rings. The Morgan fingerprint density at radius 1 is 1.26 bits per heavy atom. The normalized spacial score (nSPS) is 12.8. The molecule has 31 heavy (non-hydrogen) atoms. The smallest absolute Gasteiger partial charge is 0.291 e. The van der Waals surface area contributed by atoms with E-state index in [0.717, 1.165) is 0 Å². The maximum absolute atomic E-state index is 12.7. The first-order valence-electron chi connectivity index (χ1n) is 9.49. The molecule has 0 unspecified atom stereocenters. The molecule has 0 saturated carbocycles. The van der Waals surface area contributed by atoms with Gasteiger partial charge in [0.2, 0.25) is 5.82 Å². The van der Waals surface area contributed by atoms with Gasteiger partial charge in [0.05, 0.1) is 10.7 Å². The van der Waals surface area contributed by atoms with Crippen LogP contribution in [0.25, 0.3) is 12.7 Å². The zero-order valence-electron chi connectivity index (χ0n) is 18.6. The third kappa shape index (κ3) is 6.17. The predicted molar refractivity (Wildman–Crippen MR) is 129 cm³/mol. The zero-order valence-corrected chi connectivity index (χ0v) is 20.3. The van der Waals surface area contributed by atoms with Crippen molar-refractivity contribution in [3.63, 3.8) is 0 Å². The van der Waals surface area contributed by atoms with Crippen LogP contribution in [0.3, 0.4) is 0 Å². The van der Waals surface area contributed by atoms with E-state index in [4.69, 9.17) is 5.73 Å². The summed E-state index contributed by atoms with van der Waals surface area (Å²) in [6, 6.07) is 0. The third-order valence-corrected chi connectivity index (χ3v) is 6.98. The summed E-state index contributed by atoms with van der Waals surface area (Å²) < 4.78 is 3.09. The monoisotopic (exact) mass is 463 g/mol. The van der Waals surface area contributed by atoms with Crippen molar-refractivity contribution in [1.29, 1.82) is 0 Å². The molecule has 0 atom stereocenters. The number of anilines is 1. The molecule has 11 heteroatoms. The van der Waals surface area contributed by atoms with Gasteiger partial charge in [-0.05, 0) is 33.1 Å². The van der Waals surface area contributed by atoms with Crippen LogP contribution < -0.4 is 27.1 Å². The second-order valence-electron chi connectivity index (χ2n) is 7.46. The fourth-order valence-electron chi connectivity index (χ4n) is 2.80. The summed E-state index contributed by atoms with van der Waals surface area (Å²) in [4.78, 5) is 33.6. The van der Waals surface area contributed by atoms with E-state index in [2.05, 4.69) is 41.0 Å². The summed E-state index contributed by atoms with van der Waals surface area (Å²) >= 11 is 0. The van der Waals surface area contributed by atoms with Gasteiger partial charge >= 0.3 is 0 Å². The summed E-state index contributed by atoms with van der Waals surface area (Å²) in [5.41, 5.74) is 6.17. The first-order valence-corrected chi connectivity index (χ1v) is 12.0. The van der Waals surface area contributed by atoms with Gasteiger partial charge in [0, 0.05) is 37.3 Å². The average Bonchev–Trinajstić information content (AvgIpc) is 3.18. The molecule has 168 valence electrons. The fraction of sp³-hybridized carbons (Fsp3) is 0.400. The summed E-state index contributed by atoms with van der Waals surface area (Å²) in [7, 11) is 6.78. The second kappa shape index (κ2) is 10.1. The molecule has 0 aliphatic rings. The van der Waals surface area contributed by atoms with Crippen molar-refractivity contribution in [2.75, 3.05) is 18.5 Å². The molecule has 2 rings (SSSR count). The quantitative estimate of drug-likeness (QED) is 0.495. The second-order valence-corrected chi connectivity index (χ2v) is 10.6. The predicted octanol–water partition coefficient (Wildman–Crippen LogP) is 0.780. The molecule has 0 aliphatic heterocycles. The molecule has 2 heterocycles. The molecular formula is C20H29N7O2S2. The minimum absolute atomic E-state index is 0.112. The number of amides is 2. The van der Waals surface area contributed by atoms with E-state index in [1.807, 2.05) is 6.26 Å². The zero-order chi connectivity index (χ0) is 23.3. The Morgan fingerprint density at radius 2 is 1.94 bits per heavy atom. The average molecular weight is 464 g/mol. The summed E-state index contributed by atoms with van der Waals surface area (Å²) in [5.74, 6) is 0.0232. The highest BCUT2D eigenvalue weighted by molar-refractivity contribution is 8.76. The number of hydrogen-bond donors (Lipinski definition) is 3. The number of nitrogens with two attached hydrogens (primary N) is 1. The number of aromatic nitrogens is 4. The lowest BCUT2D eigenvalue weighted by atomic mass is 10.2. The molecule has 9 nitrogen and oxygen atoms in total. The van der Waals surface area contributed by atoms with E-state index in [1.165, 1.54) is 0 Å². The van der Waals surface area contributed by atoms with Gasteiger partial charge in [-0.2, -0.15) is 0 Å². The van der Waals surface area contributed by atoms with Crippen molar-refractivity contribution in [3.8, 4) is 0 Å². The molecule has 0 saturated heterocycles. The summed E-state index contributed by atoms with van der Waals surface area (Å²) in [5, 5.41) is 6.76. The number of carbonyl (C=O) groups excluding carboxylic acids is 2. The van der Waals surface area contributed by atoms with E-state index in [0.29, 0.717) is 22.9 Å². The van der Waals surface area contributed by atoms with Crippen molar-refractivity contribution in [2.24, 2.45) is 14.1 Å². The highest BCUT2D eigenvalue weighted by Crippen LogP contribution is 2.32. The van der Waals surface area contributed by atoms with E-state index < -0.39 is 5.91 Å². The number of allylic oxidation sites excluding steroid dienone is 2. The number of nitrogens with one attached hydrogen (secondary N) is 2. The molecular weight excluding hydrogens is 434 g/mol. The Bertz CT molecular complexity index is 1120. The van der Waals surface area contributed by atoms with Gasteiger partial charge in [-0.1, -0.05) is 34.2 Å². The number of nitrogen functional groups attached to an aromatic ring is 1. The molecule has 0 spiro atoms. The lowest BCUT2D eigenvalue weighted by Gasteiger charge is -2.22. The molecule has 0 aromatic carbocycles. The molecule has 0 aliphatic carbocycles. The van der Waals surface area contributed by atoms with Gasteiger partial charge in [-0.25, -0.2) is 9.97 Å². The fourth-order valence-corrected chi connectivity index (χ4v) is 4.92. The Hall–Kier alpha value is -2.66. The van der Waals surface area contributed by atoms with Crippen molar-refractivity contribution in [3.05, 3.63) is 40.3 Å². The van der Waals surface area contributed by atoms with Crippen molar-refractivity contribution in [1.82, 2.24) is 29.7 Å². The van der Waals surface area contributed by atoms with Crippen molar-refractivity contribution in [2.45, 2.75) is 25.5 Å². The summed E-state index contributed by atoms with van der Waals surface area (Å²) in [6.07, 6.45) is 7.01. The molecule has 0 radical (unpaired) electrons. The number of aryl methyl sites for hydroxylation is 1. The standard InChI is InChI=1S/C20H29N7O2S2/c1-8-13(24-19(29)16-25-15(21)10-26(16)5)9-14-12(2)23-17(27(14)6)18(28)22-11-20(3,4)31-30-7/h8-10H,2,11,21H2,1,3-7H3,(H,22,28)(H,24,29)/b13-8+,14-9+. The topological polar surface area (TPSA) is 120 Å². The van der Waals surface area contributed by atoms with Crippen LogP contribution in [-0.4, -0.2) is 48.5 Å². The van der Waals surface area contributed by atoms with Gasteiger partial charge < -0.3 is 25.5 Å².